The van der Waals surface area contributed by atoms with Gasteiger partial charge in [-0.25, -0.2) is 4.79 Å². The molecule has 8 heteroatoms. The summed E-state index contributed by atoms with van der Waals surface area (Å²) in [4.78, 5) is 34.2. The van der Waals surface area contributed by atoms with Crippen LogP contribution in [-0.2, 0) is 16.1 Å². The van der Waals surface area contributed by atoms with Crippen molar-refractivity contribution in [2.45, 2.75) is 13.5 Å². The van der Waals surface area contributed by atoms with E-state index in [4.69, 9.17) is 16.3 Å². The van der Waals surface area contributed by atoms with Crippen molar-refractivity contribution in [3.05, 3.63) is 74.3 Å². The summed E-state index contributed by atoms with van der Waals surface area (Å²) in [5.41, 5.74) is 0.617. The zero-order chi connectivity index (χ0) is 18.4. The third kappa shape index (κ3) is 5.02. The molecule has 25 heavy (non-hydrogen) atoms. The van der Waals surface area contributed by atoms with Crippen LogP contribution in [0.3, 0.4) is 0 Å². The molecule has 1 N–H and O–H groups in total. The van der Waals surface area contributed by atoms with Crippen molar-refractivity contribution in [2.24, 2.45) is 0 Å². The van der Waals surface area contributed by atoms with Gasteiger partial charge in [-0.3, -0.25) is 14.9 Å². The summed E-state index contributed by atoms with van der Waals surface area (Å²) in [6.07, 6.45) is 0. The number of ether oxygens (including phenoxy) is 1. The number of amides is 1. The lowest BCUT2D eigenvalue weighted by atomic mass is 10.1. The lowest BCUT2D eigenvalue weighted by Crippen LogP contribution is -2.28. The largest absolute Gasteiger partial charge is 0.452 e. The maximum absolute atomic E-state index is 12.0. The second kappa shape index (κ2) is 8.25. The van der Waals surface area contributed by atoms with E-state index in [1.165, 1.54) is 25.1 Å². The van der Waals surface area contributed by atoms with Crippen molar-refractivity contribution >= 4 is 29.2 Å². The molecule has 130 valence electrons. The lowest BCUT2D eigenvalue weighted by Gasteiger charge is -2.08. The Bertz CT molecular complexity index is 822. The van der Waals surface area contributed by atoms with E-state index in [2.05, 4.69) is 5.32 Å². The van der Waals surface area contributed by atoms with Crippen molar-refractivity contribution in [1.29, 1.82) is 0 Å². The second-order valence-electron chi connectivity index (χ2n) is 5.21. The SMILES string of the molecule is Cc1cccc(C(=O)OCC(=O)NCc2cccc(Cl)c2)c1[N+](=O)[O-]. The maximum Gasteiger partial charge on any atom is 0.345 e. The Morgan fingerprint density at radius 1 is 1.24 bits per heavy atom. The third-order valence-corrected chi connectivity index (χ3v) is 3.59. The Balaban J connectivity index is 1.93. The van der Waals surface area contributed by atoms with Gasteiger partial charge in [0.2, 0.25) is 0 Å². The number of carbonyl (C=O) groups is 2. The van der Waals surface area contributed by atoms with E-state index in [1.807, 2.05) is 0 Å². The van der Waals surface area contributed by atoms with E-state index in [0.717, 1.165) is 5.56 Å². The number of carbonyl (C=O) groups excluding carboxylic acids is 2. The molecule has 0 aliphatic heterocycles. The van der Waals surface area contributed by atoms with Crippen molar-refractivity contribution in [2.75, 3.05) is 6.61 Å². The van der Waals surface area contributed by atoms with E-state index < -0.39 is 23.4 Å². The predicted molar refractivity (Wildman–Crippen MR) is 91.4 cm³/mol. The average molecular weight is 363 g/mol. The van der Waals surface area contributed by atoms with Crippen LogP contribution in [0.25, 0.3) is 0 Å². The molecule has 2 aromatic carbocycles. The Kier molecular flexibility index (Phi) is 6.08. The topological polar surface area (TPSA) is 98.5 Å². The maximum atomic E-state index is 12.0. The zero-order valence-corrected chi connectivity index (χ0v) is 14.1. The van der Waals surface area contributed by atoms with E-state index in [1.54, 1.807) is 24.3 Å². The molecule has 0 heterocycles. The van der Waals surface area contributed by atoms with Crippen LogP contribution in [0, 0.1) is 17.0 Å². The zero-order valence-electron chi connectivity index (χ0n) is 13.3. The molecule has 0 aliphatic carbocycles. The minimum absolute atomic E-state index is 0.187. The van der Waals surface area contributed by atoms with Gasteiger partial charge >= 0.3 is 5.97 Å². The summed E-state index contributed by atoms with van der Waals surface area (Å²) >= 11 is 5.85. The van der Waals surface area contributed by atoms with Gasteiger partial charge < -0.3 is 10.1 Å². The molecule has 0 radical (unpaired) electrons. The molecule has 2 rings (SSSR count). The highest BCUT2D eigenvalue weighted by atomic mass is 35.5. The first-order chi connectivity index (χ1) is 11.9. The Labute approximate surface area is 148 Å². The van der Waals surface area contributed by atoms with Gasteiger partial charge in [-0.1, -0.05) is 35.9 Å². The molecule has 0 bridgehead atoms. The van der Waals surface area contributed by atoms with Crippen molar-refractivity contribution in [3.8, 4) is 0 Å². The van der Waals surface area contributed by atoms with Crippen molar-refractivity contribution in [1.82, 2.24) is 5.32 Å². The monoisotopic (exact) mass is 362 g/mol. The number of aryl methyl sites for hydroxylation is 1. The number of esters is 1. The third-order valence-electron chi connectivity index (χ3n) is 3.35. The number of rotatable bonds is 6. The number of para-hydroxylation sites is 1. The molecule has 0 aromatic heterocycles. The molecule has 0 saturated heterocycles. The number of nitro benzene ring substituents is 1. The highest BCUT2D eigenvalue weighted by Gasteiger charge is 2.24. The number of nitrogens with one attached hydrogen (secondary N) is 1. The number of nitrogens with zero attached hydrogens (tertiary/aromatic N) is 1. The predicted octanol–water partition coefficient (Wildman–Crippen LogP) is 3.03. The smallest absolute Gasteiger partial charge is 0.345 e. The van der Waals surface area contributed by atoms with Gasteiger partial charge in [0.05, 0.1) is 4.92 Å². The second-order valence-corrected chi connectivity index (χ2v) is 5.65. The number of halogens is 1. The molecular formula is C17H15ClN2O5. The van der Waals surface area contributed by atoms with Crippen LogP contribution in [0.1, 0.15) is 21.5 Å². The number of benzene rings is 2. The molecule has 1 amide bonds. The van der Waals surface area contributed by atoms with Crippen LogP contribution in [0.15, 0.2) is 42.5 Å². The van der Waals surface area contributed by atoms with Crippen LogP contribution < -0.4 is 5.32 Å². The highest BCUT2D eigenvalue weighted by Crippen LogP contribution is 2.23. The van der Waals surface area contributed by atoms with Crippen LogP contribution in [-0.4, -0.2) is 23.4 Å². The van der Waals surface area contributed by atoms with E-state index in [9.17, 15) is 19.7 Å². The van der Waals surface area contributed by atoms with Gasteiger partial charge in [0.15, 0.2) is 6.61 Å². The molecular weight excluding hydrogens is 348 g/mol. The van der Waals surface area contributed by atoms with Gasteiger partial charge in [0.1, 0.15) is 5.56 Å². The summed E-state index contributed by atoms with van der Waals surface area (Å²) in [6, 6.07) is 11.3. The summed E-state index contributed by atoms with van der Waals surface area (Å²) in [7, 11) is 0. The van der Waals surface area contributed by atoms with Crippen LogP contribution in [0.4, 0.5) is 5.69 Å². The quantitative estimate of drug-likeness (QED) is 0.483. The first-order valence-electron chi connectivity index (χ1n) is 7.30. The molecule has 0 saturated carbocycles. The molecule has 2 aromatic rings. The van der Waals surface area contributed by atoms with E-state index in [0.29, 0.717) is 10.6 Å². The van der Waals surface area contributed by atoms with Gasteiger partial charge in [-0.05, 0) is 30.7 Å². The Hall–Kier alpha value is -2.93. The molecule has 0 spiro atoms. The van der Waals surface area contributed by atoms with E-state index in [-0.39, 0.29) is 17.8 Å². The molecule has 0 atom stereocenters. The number of nitro groups is 1. The Morgan fingerprint density at radius 2 is 1.96 bits per heavy atom. The average Bonchev–Trinajstić information content (AvgIpc) is 2.57. The fourth-order valence-corrected chi connectivity index (χ4v) is 2.39. The fraction of sp³-hybridized carbons (Fsp3) is 0.176. The summed E-state index contributed by atoms with van der Waals surface area (Å²) in [5, 5.41) is 14.2. The lowest BCUT2D eigenvalue weighted by molar-refractivity contribution is -0.385. The van der Waals surface area contributed by atoms with Gasteiger partial charge in [-0.15, -0.1) is 0 Å². The summed E-state index contributed by atoms with van der Waals surface area (Å²) in [5.74, 6) is -1.45. The van der Waals surface area contributed by atoms with Crippen LogP contribution in [0.2, 0.25) is 5.02 Å². The minimum atomic E-state index is -0.923. The Morgan fingerprint density at radius 3 is 2.64 bits per heavy atom. The van der Waals surface area contributed by atoms with Crippen molar-refractivity contribution < 1.29 is 19.2 Å². The standard InChI is InChI=1S/C17H15ClN2O5/c1-11-4-2-7-14(16(11)20(23)24)17(22)25-10-15(21)19-9-12-5-3-6-13(18)8-12/h2-8H,9-10H2,1H3,(H,19,21). The van der Waals surface area contributed by atoms with Crippen molar-refractivity contribution in [3.63, 3.8) is 0 Å². The van der Waals surface area contributed by atoms with Crippen LogP contribution >= 0.6 is 11.6 Å². The first-order valence-corrected chi connectivity index (χ1v) is 7.68. The highest BCUT2D eigenvalue weighted by molar-refractivity contribution is 6.30. The normalized spacial score (nSPS) is 10.2. The van der Waals surface area contributed by atoms with Gasteiger partial charge in [-0.2, -0.15) is 0 Å². The minimum Gasteiger partial charge on any atom is -0.452 e. The van der Waals surface area contributed by atoms with Gasteiger partial charge in [0.25, 0.3) is 11.6 Å². The summed E-state index contributed by atoms with van der Waals surface area (Å²) < 4.78 is 4.87. The number of hydrogen-bond acceptors (Lipinski definition) is 5. The first kappa shape index (κ1) is 18.4. The van der Waals surface area contributed by atoms with Crippen LogP contribution in [0.5, 0.6) is 0 Å². The molecule has 0 unspecified atom stereocenters. The fourth-order valence-electron chi connectivity index (χ4n) is 2.17. The number of hydrogen-bond donors (Lipinski definition) is 1. The van der Waals surface area contributed by atoms with Gasteiger partial charge in [0, 0.05) is 17.1 Å². The molecule has 0 aliphatic rings. The molecule has 7 nitrogen and oxygen atoms in total. The molecule has 0 fully saturated rings. The van der Waals surface area contributed by atoms with E-state index >= 15 is 0 Å². The summed E-state index contributed by atoms with van der Waals surface area (Å²) in [6.45, 7) is 1.21.